The molecule has 0 unspecified atom stereocenters. The van der Waals surface area contributed by atoms with Crippen LogP contribution in [-0.4, -0.2) is 35.7 Å². The molecule has 0 amide bonds. The van der Waals surface area contributed by atoms with E-state index in [0.717, 1.165) is 0 Å². The van der Waals surface area contributed by atoms with E-state index in [1.165, 1.54) is 23.9 Å². The third kappa shape index (κ3) is 6.16. The van der Waals surface area contributed by atoms with E-state index in [4.69, 9.17) is 16.0 Å². The summed E-state index contributed by atoms with van der Waals surface area (Å²) in [4.78, 5) is 21.9. The smallest absolute Gasteiger partial charge is 0.251 e. The van der Waals surface area contributed by atoms with Crippen LogP contribution >= 0.6 is 23.4 Å². The first kappa shape index (κ1) is 26.6. The van der Waals surface area contributed by atoms with E-state index in [0.29, 0.717) is 35.0 Å². The van der Waals surface area contributed by atoms with E-state index in [1.807, 2.05) is 12.3 Å². The molecule has 2 heterocycles. The fourth-order valence-corrected chi connectivity index (χ4v) is 4.87. The summed E-state index contributed by atoms with van der Waals surface area (Å²) in [7, 11) is -1.97. The second-order valence-electron chi connectivity index (χ2n) is 9.68. The Labute approximate surface area is 210 Å². The van der Waals surface area contributed by atoms with Crippen molar-refractivity contribution < 1.29 is 8.82 Å². The van der Waals surface area contributed by atoms with Crippen molar-refractivity contribution in [3.05, 3.63) is 75.5 Å². The van der Waals surface area contributed by atoms with Crippen LogP contribution in [0.2, 0.25) is 23.2 Å². The van der Waals surface area contributed by atoms with Gasteiger partial charge in [-0.05, 0) is 60.6 Å². The number of hydrogen-bond acceptors (Lipinski definition) is 5. The summed E-state index contributed by atoms with van der Waals surface area (Å²) in [5.74, 6) is -0.510. The van der Waals surface area contributed by atoms with Gasteiger partial charge in [-0.15, -0.1) is 0 Å². The summed E-state index contributed by atoms with van der Waals surface area (Å²) in [6, 6.07) is 9.47. The highest BCUT2D eigenvalue weighted by molar-refractivity contribution is 7.98. The van der Waals surface area contributed by atoms with Gasteiger partial charge in [-0.25, -0.2) is 14.4 Å². The molecular formula is C25H31ClFN3O2SSi. The van der Waals surface area contributed by atoms with Crippen molar-refractivity contribution >= 4 is 31.7 Å². The fourth-order valence-electron chi connectivity index (χ4n) is 3.33. The Morgan fingerprint density at radius 1 is 1.21 bits per heavy atom. The molecule has 5 nitrogen and oxygen atoms in total. The number of rotatable bonds is 8. The Kier molecular flexibility index (Phi) is 8.39. The standard InChI is InChI=1S/C25H31ClFN3O2SSi/c1-25(2,3)34(5,6)32-14-11-22(18-7-8-19(26)20(27)15-18)30-13-10-17(16-23(30)31)21-9-12-28-24(29-21)33-4/h7-10,12-13,15-16,22H,11,14H2,1-6H3/t22-/m1/s1. The van der Waals surface area contributed by atoms with Crippen molar-refractivity contribution in [1.82, 2.24) is 14.5 Å². The van der Waals surface area contributed by atoms with Crippen LogP contribution in [-0.2, 0) is 4.43 Å². The molecule has 0 saturated carbocycles. The number of halogens is 2. The predicted octanol–water partition coefficient (Wildman–Crippen LogP) is 6.82. The number of nitrogens with zero attached hydrogens (tertiary/aromatic N) is 3. The molecule has 34 heavy (non-hydrogen) atoms. The zero-order valence-corrected chi connectivity index (χ0v) is 23.0. The number of aromatic nitrogens is 3. The lowest BCUT2D eigenvalue weighted by Gasteiger charge is -2.36. The summed E-state index contributed by atoms with van der Waals surface area (Å²) in [6.45, 7) is 11.4. The summed E-state index contributed by atoms with van der Waals surface area (Å²) in [6.07, 6.45) is 5.84. The SMILES string of the molecule is CSc1nccc(-c2ccn([C@H](CCO[Si](C)(C)C(C)(C)C)c3ccc(Cl)c(F)c3)c(=O)c2)n1. The first-order chi connectivity index (χ1) is 15.9. The average molecular weight is 520 g/mol. The second-order valence-corrected chi connectivity index (χ2v) is 15.7. The monoisotopic (exact) mass is 519 g/mol. The van der Waals surface area contributed by atoms with Gasteiger partial charge in [0, 0.05) is 30.6 Å². The van der Waals surface area contributed by atoms with Crippen molar-refractivity contribution in [3.8, 4) is 11.3 Å². The van der Waals surface area contributed by atoms with Crippen molar-refractivity contribution in [2.45, 2.75) is 56.5 Å². The van der Waals surface area contributed by atoms with E-state index in [1.54, 1.807) is 35.2 Å². The van der Waals surface area contributed by atoms with Gasteiger partial charge in [0.1, 0.15) is 5.82 Å². The van der Waals surface area contributed by atoms with Crippen molar-refractivity contribution in [3.63, 3.8) is 0 Å². The number of benzene rings is 1. The maximum Gasteiger partial charge on any atom is 0.251 e. The molecule has 2 aromatic heterocycles. The molecule has 9 heteroatoms. The lowest BCUT2D eigenvalue weighted by molar-refractivity contribution is 0.263. The summed E-state index contributed by atoms with van der Waals surface area (Å²) >= 11 is 7.35. The third-order valence-electron chi connectivity index (χ3n) is 6.38. The van der Waals surface area contributed by atoms with E-state index in [9.17, 15) is 9.18 Å². The van der Waals surface area contributed by atoms with Crippen LogP contribution in [0.3, 0.4) is 0 Å². The van der Waals surface area contributed by atoms with Crippen molar-refractivity contribution in [1.29, 1.82) is 0 Å². The van der Waals surface area contributed by atoms with Gasteiger partial charge < -0.3 is 8.99 Å². The molecule has 1 atom stereocenters. The van der Waals surface area contributed by atoms with Gasteiger partial charge in [-0.2, -0.15) is 0 Å². The molecule has 0 N–H and O–H groups in total. The summed E-state index contributed by atoms with van der Waals surface area (Å²) < 4.78 is 22.3. The van der Waals surface area contributed by atoms with Gasteiger partial charge in [0.15, 0.2) is 13.5 Å². The minimum absolute atomic E-state index is 0.0519. The van der Waals surface area contributed by atoms with Crippen LogP contribution in [0.1, 0.15) is 38.8 Å². The minimum atomic E-state index is -1.97. The Bertz CT molecular complexity index is 1210. The lowest BCUT2D eigenvalue weighted by atomic mass is 10.0. The van der Waals surface area contributed by atoms with Gasteiger partial charge in [-0.1, -0.05) is 50.2 Å². The normalized spacial score (nSPS) is 13.2. The molecule has 0 aliphatic heterocycles. The molecule has 1 aromatic carbocycles. The maximum atomic E-state index is 14.3. The highest BCUT2D eigenvalue weighted by Gasteiger charge is 2.37. The highest BCUT2D eigenvalue weighted by Crippen LogP contribution is 2.37. The Balaban J connectivity index is 1.95. The van der Waals surface area contributed by atoms with Gasteiger partial charge in [0.2, 0.25) is 0 Å². The molecule has 0 aliphatic rings. The van der Waals surface area contributed by atoms with Crippen LogP contribution in [0.5, 0.6) is 0 Å². The van der Waals surface area contributed by atoms with E-state index >= 15 is 0 Å². The minimum Gasteiger partial charge on any atom is -0.417 e. The molecule has 0 bridgehead atoms. The van der Waals surface area contributed by atoms with Crippen LogP contribution in [0.25, 0.3) is 11.3 Å². The van der Waals surface area contributed by atoms with Crippen molar-refractivity contribution in [2.24, 2.45) is 0 Å². The fraction of sp³-hybridized carbons (Fsp3) is 0.400. The van der Waals surface area contributed by atoms with Gasteiger partial charge in [0.25, 0.3) is 5.56 Å². The van der Waals surface area contributed by atoms with Gasteiger partial charge in [-0.3, -0.25) is 4.79 Å². The molecule has 0 aliphatic carbocycles. The number of hydrogen-bond donors (Lipinski definition) is 0. The van der Waals surface area contributed by atoms with E-state index in [-0.39, 0.29) is 15.6 Å². The topological polar surface area (TPSA) is 57.0 Å². The Morgan fingerprint density at radius 3 is 2.56 bits per heavy atom. The molecule has 0 fully saturated rings. The summed E-state index contributed by atoms with van der Waals surface area (Å²) in [5.41, 5.74) is 1.85. The first-order valence-corrected chi connectivity index (χ1v) is 15.6. The quantitative estimate of drug-likeness (QED) is 0.185. The zero-order chi connectivity index (χ0) is 25.1. The molecular weight excluding hydrogens is 489 g/mol. The Hall–Kier alpha value is -2.00. The molecule has 3 rings (SSSR count). The van der Waals surface area contributed by atoms with Crippen molar-refractivity contribution in [2.75, 3.05) is 12.9 Å². The number of pyridine rings is 1. The maximum absolute atomic E-state index is 14.3. The van der Waals surface area contributed by atoms with Crippen LogP contribution < -0.4 is 5.56 Å². The molecule has 0 radical (unpaired) electrons. The first-order valence-electron chi connectivity index (χ1n) is 11.1. The predicted molar refractivity (Wildman–Crippen MR) is 141 cm³/mol. The van der Waals surface area contributed by atoms with E-state index < -0.39 is 20.2 Å². The van der Waals surface area contributed by atoms with Gasteiger partial charge in [0.05, 0.1) is 16.8 Å². The average Bonchev–Trinajstić information content (AvgIpc) is 2.78. The molecule has 182 valence electrons. The summed E-state index contributed by atoms with van der Waals surface area (Å²) in [5, 5.41) is 0.760. The van der Waals surface area contributed by atoms with Crippen LogP contribution in [0, 0.1) is 5.82 Å². The molecule has 0 saturated heterocycles. The van der Waals surface area contributed by atoms with Gasteiger partial charge >= 0.3 is 0 Å². The van der Waals surface area contributed by atoms with Crippen LogP contribution in [0.4, 0.5) is 4.39 Å². The number of thioether (sulfide) groups is 1. The highest BCUT2D eigenvalue weighted by atomic mass is 35.5. The Morgan fingerprint density at radius 2 is 1.94 bits per heavy atom. The third-order valence-corrected chi connectivity index (χ3v) is 11.8. The van der Waals surface area contributed by atoms with Crippen LogP contribution in [0.15, 0.2) is 58.7 Å². The second kappa shape index (κ2) is 10.7. The molecule has 3 aromatic rings. The molecule has 0 spiro atoms. The lowest BCUT2D eigenvalue weighted by Crippen LogP contribution is -2.41. The van der Waals surface area contributed by atoms with E-state index in [2.05, 4.69) is 43.8 Å². The largest absolute Gasteiger partial charge is 0.417 e. The zero-order valence-electron chi connectivity index (χ0n) is 20.4.